The molecule has 1 fully saturated rings. The summed E-state index contributed by atoms with van der Waals surface area (Å²) in [5.41, 5.74) is 0.993. The van der Waals surface area contributed by atoms with Crippen LogP contribution in [0.2, 0.25) is 0 Å². The molecule has 0 saturated carbocycles. The van der Waals surface area contributed by atoms with Crippen molar-refractivity contribution >= 4 is 28.4 Å². The zero-order valence-corrected chi connectivity index (χ0v) is 10.6. The van der Waals surface area contributed by atoms with Crippen molar-refractivity contribution < 1.29 is 0 Å². The largest absolute Gasteiger partial charge is 0.364 e. The molecule has 17 heavy (non-hydrogen) atoms. The third-order valence-electron chi connectivity index (χ3n) is 3.14. The molecule has 1 N–H and O–H groups in total. The van der Waals surface area contributed by atoms with Gasteiger partial charge in [-0.1, -0.05) is 24.3 Å². The molecule has 1 unspecified atom stereocenters. The Morgan fingerprint density at radius 1 is 1.24 bits per heavy atom. The number of hydrogen-bond donors (Lipinski definition) is 1. The predicted molar refractivity (Wildman–Crippen MR) is 73.6 cm³/mol. The summed E-state index contributed by atoms with van der Waals surface area (Å²) in [5, 5.41) is 14.4. The summed E-state index contributed by atoms with van der Waals surface area (Å²) in [4.78, 5) is 0. The molecule has 0 bridgehead atoms. The smallest absolute Gasteiger partial charge is 0.156 e. The fourth-order valence-corrected chi connectivity index (χ4v) is 3.34. The quantitative estimate of drug-likeness (QED) is 0.883. The van der Waals surface area contributed by atoms with Crippen molar-refractivity contribution in [1.29, 1.82) is 0 Å². The van der Waals surface area contributed by atoms with Gasteiger partial charge in [-0.3, -0.25) is 0 Å². The molecule has 1 atom stereocenters. The van der Waals surface area contributed by atoms with Crippen molar-refractivity contribution in [2.45, 2.75) is 19.4 Å². The van der Waals surface area contributed by atoms with Crippen LogP contribution in [0.3, 0.4) is 0 Å². The number of fused-ring (bicyclic) bond motifs is 1. The van der Waals surface area contributed by atoms with Crippen LogP contribution >= 0.6 is 11.8 Å². The molecular weight excluding hydrogens is 230 g/mol. The van der Waals surface area contributed by atoms with Gasteiger partial charge in [0.05, 0.1) is 5.69 Å². The highest BCUT2D eigenvalue weighted by Gasteiger charge is 2.17. The number of aromatic nitrogens is 2. The van der Waals surface area contributed by atoms with Gasteiger partial charge >= 0.3 is 0 Å². The van der Waals surface area contributed by atoms with E-state index >= 15 is 0 Å². The van der Waals surface area contributed by atoms with Crippen LogP contribution in [0.4, 0.5) is 5.82 Å². The van der Waals surface area contributed by atoms with E-state index in [0.29, 0.717) is 6.04 Å². The third-order valence-corrected chi connectivity index (χ3v) is 4.30. The molecule has 1 saturated heterocycles. The van der Waals surface area contributed by atoms with E-state index in [9.17, 15) is 0 Å². The minimum atomic E-state index is 0.542. The molecule has 0 amide bonds. The lowest BCUT2D eigenvalue weighted by molar-refractivity contribution is 0.801. The van der Waals surface area contributed by atoms with Gasteiger partial charge in [-0.2, -0.15) is 16.9 Å². The molecule has 2 heterocycles. The highest BCUT2D eigenvalue weighted by molar-refractivity contribution is 7.99. The van der Waals surface area contributed by atoms with Crippen molar-refractivity contribution in [2.75, 3.05) is 16.8 Å². The molecule has 1 aliphatic rings. The summed E-state index contributed by atoms with van der Waals surface area (Å²) in [6, 6.07) is 8.86. The number of nitrogens with one attached hydrogen (secondary N) is 1. The van der Waals surface area contributed by atoms with Gasteiger partial charge in [-0.05, 0) is 19.1 Å². The summed E-state index contributed by atoms with van der Waals surface area (Å²) in [6.07, 6.45) is 1.22. The molecule has 3 rings (SSSR count). The van der Waals surface area contributed by atoms with Gasteiger partial charge in [0, 0.05) is 22.6 Å². The zero-order valence-electron chi connectivity index (χ0n) is 9.81. The normalized spacial score (nSPS) is 19.7. The second kappa shape index (κ2) is 4.53. The first kappa shape index (κ1) is 10.8. The van der Waals surface area contributed by atoms with E-state index in [-0.39, 0.29) is 0 Å². The van der Waals surface area contributed by atoms with Gasteiger partial charge in [0.2, 0.25) is 0 Å². The SMILES string of the molecule is Cc1nnc(NC2CCSC2)c2ccccc12. The molecule has 3 nitrogen and oxygen atoms in total. The van der Waals surface area contributed by atoms with Crippen LogP contribution in [0.25, 0.3) is 10.8 Å². The van der Waals surface area contributed by atoms with Crippen LogP contribution in [-0.2, 0) is 0 Å². The molecule has 0 radical (unpaired) electrons. The summed E-state index contributed by atoms with van der Waals surface area (Å²) in [6.45, 7) is 2.00. The molecule has 0 spiro atoms. The molecule has 1 aliphatic heterocycles. The Bertz CT molecular complexity index is 535. The first-order valence-corrected chi connectivity index (χ1v) is 7.06. The second-order valence-electron chi connectivity index (χ2n) is 4.38. The minimum Gasteiger partial charge on any atom is -0.364 e. The minimum absolute atomic E-state index is 0.542. The average molecular weight is 245 g/mol. The summed E-state index contributed by atoms with van der Waals surface area (Å²) in [7, 11) is 0. The van der Waals surface area contributed by atoms with Crippen LogP contribution in [0.15, 0.2) is 24.3 Å². The van der Waals surface area contributed by atoms with Crippen molar-refractivity contribution in [3.63, 3.8) is 0 Å². The highest BCUT2D eigenvalue weighted by Crippen LogP contribution is 2.26. The van der Waals surface area contributed by atoms with Crippen LogP contribution in [0.5, 0.6) is 0 Å². The van der Waals surface area contributed by atoms with Crippen LogP contribution < -0.4 is 5.32 Å². The summed E-state index contributed by atoms with van der Waals surface area (Å²) < 4.78 is 0. The van der Waals surface area contributed by atoms with Gasteiger partial charge in [-0.25, -0.2) is 0 Å². The fraction of sp³-hybridized carbons (Fsp3) is 0.385. The van der Waals surface area contributed by atoms with Crippen LogP contribution in [0.1, 0.15) is 12.1 Å². The monoisotopic (exact) mass is 245 g/mol. The standard InChI is InChI=1S/C13H15N3S/c1-9-11-4-2-3-5-12(11)13(16-15-9)14-10-6-7-17-8-10/h2-5,10H,6-8H2,1H3,(H,14,16). The van der Waals surface area contributed by atoms with Crippen molar-refractivity contribution in [1.82, 2.24) is 10.2 Å². The molecular formula is C13H15N3S. The molecule has 1 aromatic heterocycles. The molecule has 1 aromatic carbocycles. The van der Waals surface area contributed by atoms with E-state index in [2.05, 4.69) is 33.7 Å². The van der Waals surface area contributed by atoms with Crippen molar-refractivity contribution in [3.8, 4) is 0 Å². The predicted octanol–water partition coefficient (Wildman–Crippen LogP) is 2.86. The number of thioether (sulfide) groups is 1. The van der Waals surface area contributed by atoms with E-state index in [0.717, 1.165) is 11.5 Å². The Morgan fingerprint density at radius 2 is 2.06 bits per heavy atom. The van der Waals surface area contributed by atoms with E-state index in [4.69, 9.17) is 0 Å². The fourth-order valence-electron chi connectivity index (χ4n) is 2.19. The highest BCUT2D eigenvalue weighted by atomic mass is 32.2. The first-order valence-electron chi connectivity index (χ1n) is 5.91. The van der Waals surface area contributed by atoms with Gasteiger partial charge in [-0.15, -0.1) is 5.10 Å². The number of rotatable bonds is 2. The lowest BCUT2D eigenvalue weighted by Crippen LogP contribution is -2.19. The maximum absolute atomic E-state index is 4.30. The van der Waals surface area contributed by atoms with E-state index < -0.39 is 0 Å². The zero-order chi connectivity index (χ0) is 11.7. The Labute approximate surface area is 105 Å². The summed E-state index contributed by atoms with van der Waals surface area (Å²) in [5.74, 6) is 3.34. The Balaban J connectivity index is 2.01. The van der Waals surface area contributed by atoms with Crippen LogP contribution in [-0.4, -0.2) is 27.7 Å². The molecule has 4 heteroatoms. The lowest BCUT2D eigenvalue weighted by Gasteiger charge is -2.13. The van der Waals surface area contributed by atoms with Gasteiger partial charge < -0.3 is 5.32 Å². The van der Waals surface area contributed by atoms with E-state index in [1.807, 2.05) is 24.8 Å². The topological polar surface area (TPSA) is 37.8 Å². The van der Waals surface area contributed by atoms with E-state index in [1.54, 1.807) is 0 Å². The molecule has 0 aliphatic carbocycles. The number of nitrogens with zero attached hydrogens (tertiary/aromatic N) is 2. The first-order chi connectivity index (χ1) is 8.34. The number of hydrogen-bond acceptors (Lipinski definition) is 4. The second-order valence-corrected chi connectivity index (χ2v) is 5.53. The Kier molecular flexibility index (Phi) is 2.89. The maximum Gasteiger partial charge on any atom is 0.156 e. The van der Waals surface area contributed by atoms with Crippen LogP contribution in [0, 0.1) is 6.92 Å². The molecule has 2 aromatic rings. The Morgan fingerprint density at radius 3 is 2.82 bits per heavy atom. The lowest BCUT2D eigenvalue weighted by atomic mass is 10.1. The van der Waals surface area contributed by atoms with Crippen molar-refractivity contribution in [3.05, 3.63) is 30.0 Å². The maximum atomic E-state index is 4.30. The van der Waals surface area contributed by atoms with Gasteiger partial charge in [0.25, 0.3) is 0 Å². The van der Waals surface area contributed by atoms with Crippen molar-refractivity contribution in [2.24, 2.45) is 0 Å². The number of anilines is 1. The van der Waals surface area contributed by atoms with Gasteiger partial charge in [0.1, 0.15) is 0 Å². The molecule has 88 valence electrons. The summed E-state index contributed by atoms with van der Waals surface area (Å²) >= 11 is 2.00. The number of benzene rings is 1. The average Bonchev–Trinajstić information content (AvgIpc) is 2.86. The van der Waals surface area contributed by atoms with Gasteiger partial charge in [0.15, 0.2) is 5.82 Å². The van der Waals surface area contributed by atoms with E-state index in [1.165, 1.54) is 28.7 Å². The Hall–Kier alpha value is -1.29. The number of aryl methyl sites for hydroxylation is 1. The third kappa shape index (κ3) is 2.09.